The maximum absolute atomic E-state index is 5.52. The van der Waals surface area contributed by atoms with Crippen molar-refractivity contribution in [3.8, 4) is 0 Å². The SMILES string of the molecule is CC(CCN)CN1CCCC1C. The van der Waals surface area contributed by atoms with Gasteiger partial charge in [-0.2, -0.15) is 0 Å². The van der Waals surface area contributed by atoms with E-state index in [9.17, 15) is 0 Å². The predicted octanol–water partition coefficient (Wildman–Crippen LogP) is 1.46. The average Bonchev–Trinajstić information content (AvgIpc) is 2.37. The summed E-state index contributed by atoms with van der Waals surface area (Å²) < 4.78 is 0. The molecule has 0 aromatic rings. The largest absolute Gasteiger partial charge is 0.330 e. The zero-order valence-corrected chi connectivity index (χ0v) is 8.42. The fourth-order valence-corrected chi connectivity index (χ4v) is 2.04. The van der Waals surface area contributed by atoms with Gasteiger partial charge < -0.3 is 10.6 Å². The Bertz CT molecular complexity index is 125. The molecule has 1 rings (SSSR count). The summed E-state index contributed by atoms with van der Waals surface area (Å²) in [7, 11) is 0. The van der Waals surface area contributed by atoms with Crippen LogP contribution in [0.2, 0.25) is 0 Å². The van der Waals surface area contributed by atoms with Crippen LogP contribution in [-0.4, -0.2) is 30.6 Å². The molecule has 0 amide bonds. The number of likely N-dealkylation sites (tertiary alicyclic amines) is 1. The second-order valence-electron chi connectivity index (χ2n) is 4.17. The highest BCUT2D eigenvalue weighted by atomic mass is 15.2. The van der Waals surface area contributed by atoms with Gasteiger partial charge in [0.25, 0.3) is 0 Å². The van der Waals surface area contributed by atoms with Gasteiger partial charge in [0.2, 0.25) is 0 Å². The summed E-state index contributed by atoms with van der Waals surface area (Å²) >= 11 is 0. The first kappa shape index (κ1) is 10.0. The van der Waals surface area contributed by atoms with E-state index in [0.29, 0.717) is 0 Å². The average molecular weight is 170 g/mol. The lowest BCUT2D eigenvalue weighted by Crippen LogP contribution is -2.31. The smallest absolute Gasteiger partial charge is 0.00675 e. The Morgan fingerprint density at radius 2 is 2.33 bits per heavy atom. The molecule has 1 fully saturated rings. The standard InChI is InChI=1S/C10H22N2/c1-9(5-6-11)8-12-7-3-4-10(12)2/h9-10H,3-8,11H2,1-2H3. The summed E-state index contributed by atoms with van der Waals surface area (Å²) in [6, 6.07) is 0.810. The highest BCUT2D eigenvalue weighted by Crippen LogP contribution is 2.18. The molecule has 2 heteroatoms. The third-order valence-electron chi connectivity index (χ3n) is 2.90. The molecule has 72 valence electrons. The molecule has 0 spiro atoms. The van der Waals surface area contributed by atoms with Crippen molar-refractivity contribution in [2.24, 2.45) is 11.7 Å². The minimum Gasteiger partial charge on any atom is -0.330 e. The van der Waals surface area contributed by atoms with Crippen LogP contribution in [0.25, 0.3) is 0 Å². The number of nitrogens with two attached hydrogens (primary N) is 1. The van der Waals surface area contributed by atoms with Gasteiger partial charge in [-0.05, 0) is 45.2 Å². The summed E-state index contributed by atoms with van der Waals surface area (Å²) in [4.78, 5) is 2.60. The van der Waals surface area contributed by atoms with E-state index in [2.05, 4.69) is 18.7 Å². The minimum atomic E-state index is 0.774. The summed E-state index contributed by atoms with van der Waals surface area (Å²) in [6.07, 6.45) is 3.94. The monoisotopic (exact) mass is 170 g/mol. The van der Waals surface area contributed by atoms with Crippen LogP contribution in [0.1, 0.15) is 33.1 Å². The number of nitrogens with zero attached hydrogens (tertiary/aromatic N) is 1. The van der Waals surface area contributed by atoms with E-state index in [0.717, 1.165) is 18.5 Å². The van der Waals surface area contributed by atoms with Gasteiger partial charge in [-0.1, -0.05) is 6.92 Å². The van der Waals surface area contributed by atoms with Crippen molar-refractivity contribution in [1.29, 1.82) is 0 Å². The molecule has 2 nitrogen and oxygen atoms in total. The maximum Gasteiger partial charge on any atom is 0.00675 e. The number of hydrogen-bond donors (Lipinski definition) is 1. The molecular formula is C10H22N2. The van der Waals surface area contributed by atoms with Crippen LogP contribution in [0.3, 0.4) is 0 Å². The van der Waals surface area contributed by atoms with Gasteiger partial charge in [-0.15, -0.1) is 0 Å². The van der Waals surface area contributed by atoms with Crippen molar-refractivity contribution >= 4 is 0 Å². The van der Waals surface area contributed by atoms with Gasteiger partial charge >= 0.3 is 0 Å². The molecular weight excluding hydrogens is 148 g/mol. The molecule has 0 aromatic carbocycles. The normalized spacial score (nSPS) is 27.8. The summed E-state index contributed by atoms with van der Waals surface area (Å²) in [5.41, 5.74) is 5.52. The lowest BCUT2D eigenvalue weighted by molar-refractivity contribution is 0.228. The van der Waals surface area contributed by atoms with E-state index in [1.165, 1.54) is 32.4 Å². The van der Waals surface area contributed by atoms with Crippen molar-refractivity contribution in [2.45, 2.75) is 39.2 Å². The van der Waals surface area contributed by atoms with E-state index in [1.807, 2.05) is 0 Å². The van der Waals surface area contributed by atoms with Crippen LogP contribution < -0.4 is 5.73 Å². The molecule has 1 aliphatic rings. The van der Waals surface area contributed by atoms with Gasteiger partial charge in [0, 0.05) is 12.6 Å². The second-order valence-corrected chi connectivity index (χ2v) is 4.17. The predicted molar refractivity (Wildman–Crippen MR) is 53.1 cm³/mol. The summed E-state index contributed by atoms with van der Waals surface area (Å²) in [5, 5.41) is 0. The first-order chi connectivity index (χ1) is 5.74. The molecule has 0 aliphatic carbocycles. The first-order valence-electron chi connectivity index (χ1n) is 5.18. The Balaban J connectivity index is 2.20. The van der Waals surface area contributed by atoms with E-state index in [4.69, 9.17) is 5.73 Å². The topological polar surface area (TPSA) is 29.3 Å². The van der Waals surface area contributed by atoms with E-state index < -0.39 is 0 Å². The number of hydrogen-bond acceptors (Lipinski definition) is 2. The van der Waals surface area contributed by atoms with Gasteiger partial charge in [-0.25, -0.2) is 0 Å². The van der Waals surface area contributed by atoms with Gasteiger partial charge in [0.15, 0.2) is 0 Å². The minimum absolute atomic E-state index is 0.774. The number of rotatable bonds is 4. The fourth-order valence-electron chi connectivity index (χ4n) is 2.04. The zero-order chi connectivity index (χ0) is 8.97. The van der Waals surface area contributed by atoms with Crippen molar-refractivity contribution in [2.75, 3.05) is 19.6 Å². The van der Waals surface area contributed by atoms with Crippen molar-refractivity contribution < 1.29 is 0 Å². The molecule has 0 aromatic heterocycles. The molecule has 12 heavy (non-hydrogen) atoms. The van der Waals surface area contributed by atoms with E-state index >= 15 is 0 Å². The second kappa shape index (κ2) is 4.83. The Morgan fingerprint density at radius 3 is 2.83 bits per heavy atom. The molecule has 0 bridgehead atoms. The van der Waals surface area contributed by atoms with Crippen LogP contribution in [0.5, 0.6) is 0 Å². The molecule has 1 saturated heterocycles. The molecule has 0 saturated carbocycles. The Morgan fingerprint density at radius 1 is 1.58 bits per heavy atom. The third-order valence-corrected chi connectivity index (χ3v) is 2.90. The Hall–Kier alpha value is -0.0800. The lowest BCUT2D eigenvalue weighted by Gasteiger charge is -2.24. The lowest BCUT2D eigenvalue weighted by atomic mass is 10.1. The van der Waals surface area contributed by atoms with Gasteiger partial charge in [0.05, 0.1) is 0 Å². The van der Waals surface area contributed by atoms with Crippen LogP contribution in [0.15, 0.2) is 0 Å². The van der Waals surface area contributed by atoms with E-state index in [1.54, 1.807) is 0 Å². The highest BCUT2D eigenvalue weighted by Gasteiger charge is 2.21. The van der Waals surface area contributed by atoms with Crippen molar-refractivity contribution in [3.63, 3.8) is 0 Å². The van der Waals surface area contributed by atoms with Crippen LogP contribution >= 0.6 is 0 Å². The molecule has 1 aliphatic heterocycles. The molecule has 2 N–H and O–H groups in total. The highest BCUT2D eigenvalue weighted by molar-refractivity contribution is 4.76. The van der Waals surface area contributed by atoms with Crippen LogP contribution in [0, 0.1) is 5.92 Å². The van der Waals surface area contributed by atoms with Gasteiger partial charge in [-0.3, -0.25) is 0 Å². The van der Waals surface area contributed by atoms with Crippen molar-refractivity contribution in [1.82, 2.24) is 4.90 Å². The first-order valence-corrected chi connectivity index (χ1v) is 5.18. The molecule has 2 atom stereocenters. The fraction of sp³-hybridized carbons (Fsp3) is 1.00. The van der Waals surface area contributed by atoms with Crippen molar-refractivity contribution in [3.05, 3.63) is 0 Å². The Kier molecular flexibility index (Phi) is 4.02. The van der Waals surface area contributed by atoms with Crippen LogP contribution in [0.4, 0.5) is 0 Å². The third kappa shape index (κ3) is 2.76. The van der Waals surface area contributed by atoms with Gasteiger partial charge in [0.1, 0.15) is 0 Å². The van der Waals surface area contributed by atoms with Crippen LogP contribution in [-0.2, 0) is 0 Å². The molecule has 0 radical (unpaired) electrons. The Labute approximate surface area is 76.1 Å². The summed E-state index contributed by atoms with van der Waals surface area (Å²) in [5.74, 6) is 0.774. The maximum atomic E-state index is 5.52. The zero-order valence-electron chi connectivity index (χ0n) is 8.42. The quantitative estimate of drug-likeness (QED) is 0.692. The molecule has 2 unspecified atom stereocenters. The molecule has 1 heterocycles. The summed E-state index contributed by atoms with van der Waals surface area (Å²) in [6.45, 7) is 8.03. The van der Waals surface area contributed by atoms with E-state index in [-0.39, 0.29) is 0 Å².